The summed E-state index contributed by atoms with van der Waals surface area (Å²) in [6.07, 6.45) is 1.52. The highest BCUT2D eigenvalue weighted by atomic mass is 79.9. The maximum absolute atomic E-state index is 13.1. The molecule has 0 amide bonds. The molecule has 5 heteroatoms. The molecule has 0 spiro atoms. The Bertz CT molecular complexity index is 464. The van der Waals surface area contributed by atoms with Crippen molar-refractivity contribution in [1.82, 2.24) is 9.97 Å². The number of aromatic nitrogens is 2. The number of hydrogen-bond acceptors (Lipinski definition) is 2. The van der Waals surface area contributed by atoms with Gasteiger partial charge in [0, 0.05) is 10.0 Å². The highest BCUT2D eigenvalue weighted by Crippen LogP contribution is 2.22. The number of halogens is 2. The zero-order valence-corrected chi connectivity index (χ0v) is 9.25. The topological polar surface area (TPSA) is 48.9 Å². The third-order valence-electron chi connectivity index (χ3n) is 1.93. The number of nitrogens with zero attached hydrogens (tertiary/aromatic N) is 1. The molecule has 0 fully saturated rings. The van der Waals surface area contributed by atoms with Gasteiger partial charge in [0.05, 0.1) is 18.5 Å². The van der Waals surface area contributed by atoms with Crippen molar-refractivity contribution in [3.8, 4) is 11.4 Å². The molecule has 1 heterocycles. The lowest BCUT2D eigenvalue weighted by Crippen LogP contribution is -1.85. The van der Waals surface area contributed by atoms with Gasteiger partial charge in [-0.3, -0.25) is 0 Å². The molecule has 0 saturated heterocycles. The molecule has 78 valence electrons. The van der Waals surface area contributed by atoms with E-state index < -0.39 is 0 Å². The van der Waals surface area contributed by atoms with Crippen LogP contribution in [0.3, 0.4) is 0 Å². The van der Waals surface area contributed by atoms with Gasteiger partial charge in [-0.15, -0.1) is 0 Å². The summed E-state index contributed by atoms with van der Waals surface area (Å²) in [5.41, 5.74) is 1.24. The lowest BCUT2D eigenvalue weighted by atomic mass is 10.2. The van der Waals surface area contributed by atoms with Gasteiger partial charge in [0.15, 0.2) is 0 Å². The SMILES string of the molecule is OCc1cnc(-c2cc(F)cc(Br)c2)[nH]1. The Balaban J connectivity index is 2.44. The molecule has 0 bridgehead atoms. The highest BCUT2D eigenvalue weighted by Gasteiger charge is 2.05. The first-order valence-corrected chi connectivity index (χ1v) is 5.09. The zero-order chi connectivity index (χ0) is 10.8. The van der Waals surface area contributed by atoms with Gasteiger partial charge in [0.1, 0.15) is 11.6 Å². The van der Waals surface area contributed by atoms with Gasteiger partial charge in [0.25, 0.3) is 0 Å². The fraction of sp³-hybridized carbons (Fsp3) is 0.100. The number of aliphatic hydroxyl groups is 1. The molecule has 2 aromatic rings. The molecule has 2 N–H and O–H groups in total. The van der Waals surface area contributed by atoms with Crippen molar-refractivity contribution >= 4 is 15.9 Å². The second kappa shape index (κ2) is 4.12. The van der Waals surface area contributed by atoms with Crippen LogP contribution in [0.4, 0.5) is 4.39 Å². The monoisotopic (exact) mass is 270 g/mol. The summed E-state index contributed by atoms with van der Waals surface area (Å²) in [6, 6.07) is 4.51. The van der Waals surface area contributed by atoms with Crippen molar-refractivity contribution in [2.45, 2.75) is 6.61 Å². The second-order valence-corrected chi connectivity index (χ2v) is 3.99. The molecule has 0 unspecified atom stereocenters. The third-order valence-corrected chi connectivity index (χ3v) is 2.39. The Morgan fingerprint density at radius 1 is 1.40 bits per heavy atom. The first-order chi connectivity index (χ1) is 7.19. The smallest absolute Gasteiger partial charge is 0.137 e. The summed E-state index contributed by atoms with van der Waals surface area (Å²) in [7, 11) is 0. The normalized spacial score (nSPS) is 10.6. The van der Waals surface area contributed by atoms with E-state index in [9.17, 15) is 4.39 Å². The van der Waals surface area contributed by atoms with E-state index in [1.807, 2.05) is 0 Å². The van der Waals surface area contributed by atoms with E-state index >= 15 is 0 Å². The van der Waals surface area contributed by atoms with Crippen LogP contribution in [0.15, 0.2) is 28.9 Å². The van der Waals surface area contributed by atoms with E-state index in [2.05, 4.69) is 25.9 Å². The molecule has 0 aliphatic rings. The standard InChI is InChI=1S/C10H8BrFN2O/c11-7-1-6(2-8(12)3-7)10-13-4-9(5-15)14-10/h1-4,15H,5H2,(H,13,14). The summed E-state index contributed by atoms with van der Waals surface area (Å²) in [6.45, 7) is -0.108. The van der Waals surface area contributed by atoms with Gasteiger partial charge in [-0.25, -0.2) is 9.37 Å². The van der Waals surface area contributed by atoms with Crippen LogP contribution in [0.1, 0.15) is 5.69 Å². The van der Waals surface area contributed by atoms with Crippen molar-refractivity contribution in [2.24, 2.45) is 0 Å². The number of benzene rings is 1. The fourth-order valence-corrected chi connectivity index (χ4v) is 1.74. The molecule has 3 nitrogen and oxygen atoms in total. The number of H-pyrrole nitrogens is 1. The highest BCUT2D eigenvalue weighted by molar-refractivity contribution is 9.10. The molecule has 0 radical (unpaired) electrons. The van der Waals surface area contributed by atoms with Crippen molar-refractivity contribution in [3.05, 3.63) is 40.4 Å². The minimum absolute atomic E-state index is 0.108. The lowest BCUT2D eigenvalue weighted by Gasteiger charge is -1.98. The van der Waals surface area contributed by atoms with E-state index in [0.29, 0.717) is 21.6 Å². The van der Waals surface area contributed by atoms with Gasteiger partial charge in [-0.1, -0.05) is 15.9 Å². The second-order valence-electron chi connectivity index (χ2n) is 3.07. The average Bonchev–Trinajstić information content (AvgIpc) is 2.64. The fourth-order valence-electron chi connectivity index (χ4n) is 1.28. The molecule has 0 saturated carbocycles. The van der Waals surface area contributed by atoms with Crippen molar-refractivity contribution in [1.29, 1.82) is 0 Å². The summed E-state index contributed by atoms with van der Waals surface area (Å²) >= 11 is 3.20. The predicted molar refractivity (Wildman–Crippen MR) is 57.6 cm³/mol. The van der Waals surface area contributed by atoms with Gasteiger partial charge in [0.2, 0.25) is 0 Å². The first kappa shape index (κ1) is 10.3. The maximum Gasteiger partial charge on any atom is 0.137 e. The first-order valence-electron chi connectivity index (χ1n) is 4.30. The van der Waals surface area contributed by atoms with Gasteiger partial charge < -0.3 is 10.1 Å². The Morgan fingerprint density at radius 3 is 2.80 bits per heavy atom. The summed E-state index contributed by atoms with van der Waals surface area (Å²) in [5, 5.41) is 8.85. The lowest BCUT2D eigenvalue weighted by molar-refractivity contribution is 0.277. The molecular weight excluding hydrogens is 263 g/mol. The number of rotatable bonds is 2. The van der Waals surface area contributed by atoms with Crippen molar-refractivity contribution in [3.63, 3.8) is 0 Å². The Hall–Kier alpha value is -1.20. The summed E-state index contributed by atoms with van der Waals surface area (Å²) in [4.78, 5) is 6.92. The average molecular weight is 271 g/mol. The van der Waals surface area contributed by atoms with Gasteiger partial charge >= 0.3 is 0 Å². The summed E-state index contributed by atoms with van der Waals surface area (Å²) < 4.78 is 13.7. The van der Waals surface area contributed by atoms with Crippen LogP contribution in [-0.2, 0) is 6.61 Å². The van der Waals surface area contributed by atoms with E-state index in [1.54, 1.807) is 6.07 Å². The molecule has 15 heavy (non-hydrogen) atoms. The molecule has 1 aromatic carbocycles. The van der Waals surface area contributed by atoms with Crippen LogP contribution < -0.4 is 0 Å². The Kier molecular flexibility index (Phi) is 2.83. The van der Waals surface area contributed by atoms with E-state index in [0.717, 1.165) is 0 Å². The van der Waals surface area contributed by atoms with E-state index in [1.165, 1.54) is 18.3 Å². The van der Waals surface area contributed by atoms with Gasteiger partial charge in [-0.2, -0.15) is 0 Å². The largest absolute Gasteiger partial charge is 0.390 e. The van der Waals surface area contributed by atoms with Crippen LogP contribution >= 0.6 is 15.9 Å². The van der Waals surface area contributed by atoms with Crippen LogP contribution in [0, 0.1) is 5.82 Å². The zero-order valence-electron chi connectivity index (χ0n) is 7.67. The van der Waals surface area contributed by atoms with Crippen LogP contribution in [0.2, 0.25) is 0 Å². The molecule has 0 aliphatic carbocycles. The molecular formula is C10H8BrFN2O. The van der Waals surface area contributed by atoms with Gasteiger partial charge in [-0.05, 0) is 18.2 Å². The number of aromatic amines is 1. The van der Waals surface area contributed by atoms with E-state index in [-0.39, 0.29) is 12.4 Å². The minimum Gasteiger partial charge on any atom is -0.390 e. The molecule has 2 rings (SSSR count). The van der Waals surface area contributed by atoms with Crippen molar-refractivity contribution < 1.29 is 9.50 Å². The maximum atomic E-state index is 13.1. The Morgan fingerprint density at radius 2 is 2.20 bits per heavy atom. The molecule has 0 aliphatic heterocycles. The Labute approximate surface area is 94.1 Å². The quantitative estimate of drug-likeness (QED) is 0.881. The van der Waals surface area contributed by atoms with Crippen LogP contribution in [-0.4, -0.2) is 15.1 Å². The molecule has 1 aromatic heterocycles. The number of nitrogens with one attached hydrogen (secondary N) is 1. The number of imidazole rings is 1. The van der Waals surface area contributed by atoms with Crippen LogP contribution in [0.5, 0.6) is 0 Å². The number of aliphatic hydroxyl groups excluding tert-OH is 1. The van der Waals surface area contributed by atoms with Crippen molar-refractivity contribution in [2.75, 3.05) is 0 Å². The third kappa shape index (κ3) is 2.24. The van der Waals surface area contributed by atoms with E-state index in [4.69, 9.17) is 5.11 Å². The predicted octanol–water partition coefficient (Wildman–Crippen LogP) is 2.47. The summed E-state index contributed by atoms with van der Waals surface area (Å²) in [5.74, 6) is 0.209. The minimum atomic E-state index is -0.332. The van der Waals surface area contributed by atoms with Crippen LogP contribution in [0.25, 0.3) is 11.4 Å². The number of hydrogen-bond donors (Lipinski definition) is 2. The molecule has 0 atom stereocenters.